The monoisotopic (exact) mass is 381 g/mol. The summed E-state index contributed by atoms with van der Waals surface area (Å²) in [5.74, 6) is -0.185. The fourth-order valence-corrected chi connectivity index (χ4v) is 2.81. The second-order valence-electron chi connectivity index (χ2n) is 6.91. The molecular formula is C19H23N7O2. The van der Waals surface area contributed by atoms with Crippen LogP contribution < -0.4 is 16.4 Å². The Morgan fingerprint density at radius 3 is 2.61 bits per heavy atom. The van der Waals surface area contributed by atoms with Gasteiger partial charge in [0, 0.05) is 17.3 Å². The fraction of sp³-hybridized carbons (Fsp3) is 0.316. The van der Waals surface area contributed by atoms with E-state index < -0.39 is 6.04 Å². The van der Waals surface area contributed by atoms with Gasteiger partial charge >= 0.3 is 0 Å². The average Bonchev–Trinajstić information content (AvgIpc) is 3.07. The second-order valence-corrected chi connectivity index (χ2v) is 6.91. The highest BCUT2D eigenvalue weighted by atomic mass is 16.2. The lowest BCUT2D eigenvalue weighted by atomic mass is 10.1. The lowest BCUT2D eigenvalue weighted by Crippen LogP contribution is -2.30. The van der Waals surface area contributed by atoms with E-state index in [1.165, 1.54) is 12.7 Å². The van der Waals surface area contributed by atoms with Gasteiger partial charge in [0.2, 0.25) is 5.91 Å². The van der Waals surface area contributed by atoms with Crippen LogP contribution >= 0.6 is 0 Å². The average molecular weight is 381 g/mol. The summed E-state index contributed by atoms with van der Waals surface area (Å²) < 4.78 is 1.63. The third-order valence-electron chi connectivity index (χ3n) is 4.35. The van der Waals surface area contributed by atoms with Gasteiger partial charge in [-0.25, -0.2) is 15.0 Å². The lowest BCUT2D eigenvalue weighted by molar-refractivity contribution is -0.118. The van der Waals surface area contributed by atoms with Gasteiger partial charge in [-0.15, -0.1) is 0 Å². The Hall–Kier alpha value is -3.49. The molecule has 0 fully saturated rings. The number of amides is 2. The number of hydrogen-bond donors (Lipinski definition) is 3. The maximum Gasteiger partial charge on any atom is 0.251 e. The summed E-state index contributed by atoms with van der Waals surface area (Å²) in [6.45, 7) is 7.37. The lowest BCUT2D eigenvalue weighted by Gasteiger charge is -2.16. The zero-order valence-corrected chi connectivity index (χ0v) is 16.2. The number of benzene rings is 1. The number of carbonyl (C=O) groups excluding carboxylic acids is 2. The summed E-state index contributed by atoms with van der Waals surface area (Å²) in [6, 6.07) is 4.67. The minimum Gasteiger partial charge on any atom is -0.382 e. The van der Waals surface area contributed by atoms with Gasteiger partial charge in [0.1, 0.15) is 17.9 Å². The van der Waals surface area contributed by atoms with Gasteiger partial charge in [-0.05, 0) is 45.4 Å². The number of anilines is 2. The van der Waals surface area contributed by atoms with Crippen LogP contribution in [0.2, 0.25) is 0 Å². The number of fused-ring (bicyclic) bond motifs is 1. The molecule has 2 heterocycles. The van der Waals surface area contributed by atoms with E-state index in [9.17, 15) is 9.59 Å². The molecule has 0 radical (unpaired) electrons. The first kappa shape index (κ1) is 19.3. The van der Waals surface area contributed by atoms with Crippen molar-refractivity contribution < 1.29 is 9.59 Å². The predicted octanol–water partition coefficient (Wildman–Crippen LogP) is 2.05. The number of hydrogen-bond acceptors (Lipinski definition) is 6. The molecule has 28 heavy (non-hydrogen) atoms. The van der Waals surface area contributed by atoms with Crippen LogP contribution in [0.5, 0.6) is 0 Å². The molecule has 0 aliphatic rings. The number of rotatable bonds is 5. The molecule has 146 valence electrons. The van der Waals surface area contributed by atoms with E-state index in [4.69, 9.17) is 5.73 Å². The number of aryl methyl sites for hydroxylation is 1. The molecule has 1 aromatic carbocycles. The maximum atomic E-state index is 12.7. The summed E-state index contributed by atoms with van der Waals surface area (Å²) in [6.07, 6.45) is 2.84. The number of aromatic nitrogens is 4. The van der Waals surface area contributed by atoms with E-state index in [0.29, 0.717) is 22.4 Å². The number of imidazole rings is 1. The number of nitrogens with one attached hydrogen (secondary N) is 2. The largest absolute Gasteiger partial charge is 0.382 e. The van der Waals surface area contributed by atoms with Crippen molar-refractivity contribution >= 4 is 34.5 Å². The van der Waals surface area contributed by atoms with Gasteiger partial charge in [0.25, 0.3) is 5.91 Å². The summed E-state index contributed by atoms with van der Waals surface area (Å²) in [7, 11) is 0. The van der Waals surface area contributed by atoms with Crippen LogP contribution in [0.25, 0.3) is 11.2 Å². The molecule has 0 spiro atoms. The molecule has 2 amide bonds. The van der Waals surface area contributed by atoms with Crippen LogP contribution in [0.15, 0.2) is 30.9 Å². The van der Waals surface area contributed by atoms with Gasteiger partial charge in [0.15, 0.2) is 11.5 Å². The highest BCUT2D eigenvalue weighted by Gasteiger charge is 2.20. The summed E-state index contributed by atoms with van der Waals surface area (Å²) in [5, 5.41) is 5.70. The van der Waals surface area contributed by atoms with Crippen molar-refractivity contribution in [2.45, 2.75) is 39.8 Å². The molecule has 9 nitrogen and oxygen atoms in total. The Kier molecular flexibility index (Phi) is 5.25. The predicted molar refractivity (Wildman–Crippen MR) is 107 cm³/mol. The highest BCUT2D eigenvalue weighted by molar-refractivity contribution is 5.99. The van der Waals surface area contributed by atoms with Crippen LogP contribution in [0.4, 0.5) is 11.5 Å². The van der Waals surface area contributed by atoms with Crippen molar-refractivity contribution in [2.75, 3.05) is 11.1 Å². The molecule has 0 bridgehead atoms. The number of nitrogen functional groups attached to an aromatic ring is 1. The molecule has 0 aliphatic carbocycles. The third-order valence-corrected chi connectivity index (χ3v) is 4.35. The zero-order valence-electron chi connectivity index (χ0n) is 16.2. The first-order valence-corrected chi connectivity index (χ1v) is 8.93. The van der Waals surface area contributed by atoms with Crippen molar-refractivity contribution in [1.82, 2.24) is 24.8 Å². The highest BCUT2D eigenvalue weighted by Crippen LogP contribution is 2.21. The van der Waals surface area contributed by atoms with Crippen molar-refractivity contribution in [3.05, 3.63) is 42.0 Å². The standard InChI is InChI=1S/C19H23N7O2/c1-10(2)24-19(28)14-7-13(6-5-11(14)3)25-18(27)12(4)26-9-23-15-16(20)21-8-22-17(15)26/h5-10,12H,1-4H3,(H,24,28)(H,25,27)(H2,20,21,22). The maximum absolute atomic E-state index is 12.7. The SMILES string of the molecule is Cc1ccc(NC(=O)C(C)n2cnc3c(N)ncnc32)cc1C(=O)NC(C)C. The Bertz CT molecular complexity index is 1040. The summed E-state index contributed by atoms with van der Waals surface area (Å²) in [4.78, 5) is 37.3. The third kappa shape index (κ3) is 3.78. The van der Waals surface area contributed by atoms with Gasteiger partial charge in [-0.1, -0.05) is 6.07 Å². The van der Waals surface area contributed by atoms with Crippen molar-refractivity contribution in [3.8, 4) is 0 Å². The van der Waals surface area contributed by atoms with Crippen molar-refractivity contribution in [2.24, 2.45) is 0 Å². The van der Waals surface area contributed by atoms with E-state index in [1.54, 1.807) is 29.7 Å². The molecule has 2 aromatic heterocycles. The fourth-order valence-electron chi connectivity index (χ4n) is 2.81. The van der Waals surface area contributed by atoms with Crippen LogP contribution in [0.3, 0.4) is 0 Å². The molecule has 3 aromatic rings. The van der Waals surface area contributed by atoms with Gasteiger partial charge in [0.05, 0.1) is 6.33 Å². The second kappa shape index (κ2) is 7.63. The topological polar surface area (TPSA) is 128 Å². The van der Waals surface area contributed by atoms with E-state index in [-0.39, 0.29) is 23.7 Å². The first-order chi connectivity index (χ1) is 13.3. The summed E-state index contributed by atoms with van der Waals surface area (Å²) >= 11 is 0. The van der Waals surface area contributed by atoms with Crippen molar-refractivity contribution in [3.63, 3.8) is 0 Å². The summed E-state index contributed by atoms with van der Waals surface area (Å²) in [5.41, 5.74) is 8.62. The Balaban J connectivity index is 1.82. The number of nitrogens with zero attached hydrogens (tertiary/aromatic N) is 4. The molecule has 3 rings (SSSR count). The van der Waals surface area contributed by atoms with E-state index in [0.717, 1.165) is 5.56 Å². The normalized spacial score (nSPS) is 12.2. The molecule has 4 N–H and O–H groups in total. The minimum atomic E-state index is -0.589. The Morgan fingerprint density at radius 1 is 1.14 bits per heavy atom. The molecule has 9 heteroatoms. The van der Waals surface area contributed by atoms with Crippen LogP contribution in [-0.2, 0) is 4.79 Å². The zero-order chi connectivity index (χ0) is 20.4. The van der Waals surface area contributed by atoms with Crippen molar-refractivity contribution in [1.29, 1.82) is 0 Å². The molecule has 0 saturated carbocycles. The van der Waals surface area contributed by atoms with E-state index >= 15 is 0 Å². The van der Waals surface area contributed by atoms with Crippen LogP contribution in [0, 0.1) is 6.92 Å². The first-order valence-electron chi connectivity index (χ1n) is 8.93. The molecule has 0 saturated heterocycles. The van der Waals surface area contributed by atoms with Gasteiger partial charge in [-0.2, -0.15) is 0 Å². The number of nitrogens with two attached hydrogens (primary N) is 1. The molecule has 1 unspecified atom stereocenters. The minimum absolute atomic E-state index is 0.0223. The van der Waals surface area contributed by atoms with Gasteiger partial charge in [-0.3, -0.25) is 9.59 Å². The Labute approximate surface area is 162 Å². The molecular weight excluding hydrogens is 358 g/mol. The van der Waals surface area contributed by atoms with Crippen LogP contribution in [0.1, 0.15) is 42.7 Å². The van der Waals surface area contributed by atoms with E-state index in [2.05, 4.69) is 25.6 Å². The van der Waals surface area contributed by atoms with E-state index in [1.807, 2.05) is 20.8 Å². The molecule has 1 atom stereocenters. The molecule has 0 aliphatic heterocycles. The Morgan fingerprint density at radius 2 is 1.89 bits per heavy atom. The number of carbonyl (C=O) groups is 2. The van der Waals surface area contributed by atoms with Crippen LogP contribution in [-0.4, -0.2) is 37.4 Å². The van der Waals surface area contributed by atoms with Gasteiger partial charge < -0.3 is 20.9 Å². The smallest absolute Gasteiger partial charge is 0.251 e. The quantitative estimate of drug-likeness (QED) is 0.621.